The number of nitrogens with zero attached hydrogens (tertiary/aromatic N) is 1. The molecular weight excluding hydrogens is 464 g/mol. The number of hydrogen-bond acceptors (Lipinski definition) is 3. The third-order valence-corrected chi connectivity index (χ3v) is 8.05. The van der Waals surface area contributed by atoms with Crippen LogP contribution in [-0.2, 0) is 27.0 Å². The van der Waals surface area contributed by atoms with Crippen LogP contribution < -0.4 is 5.32 Å². The van der Waals surface area contributed by atoms with Crippen molar-refractivity contribution in [3.63, 3.8) is 0 Å². The average Bonchev–Trinajstić information content (AvgIpc) is 2.73. The van der Waals surface area contributed by atoms with E-state index >= 15 is 0 Å². The fraction of sp³-hybridized carbons (Fsp3) is 0.435. The van der Waals surface area contributed by atoms with Gasteiger partial charge in [-0.3, -0.25) is 4.79 Å². The van der Waals surface area contributed by atoms with Crippen LogP contribution in [0.4, 0.5) is 0 Å². The van der Waals surface area contributed by atoms with E-state index in [1.807, 2.05) is 31.2 Å². The van der Waals surface area contributed by atoms with Crippen LogP contribution in [0.1, 0.15) is 49.4 Å². The molecule has 2 aromatic carbocycles. The molecule has 0 bridgehead atoms. The summed E-state index contributed by atoms with van der Waals surface area (Å²) in [5.41, 5.74) is 3.11. The van der Waals surface area contributed by atoms with Crippen LogP contribution in [-0.4, -0.2) is 31.7 Å². The SMILES string of the molecule is CCc1ccc(C(C)NC(=O)C2CCN(S(=O)(=O)Cc3cccc(Br)c3)CC2)cc1. The van der Waals surface area contributed by atoms with Gasteiger partial charge in [0.2, 0.25) is 15.9 Å². The van der Waals surface area contributed by atoms with Crippen molar-refractivity contribution in [1.82, 2.24) is 9.62 Å². The van der Waals surface area contributed by atoms with Crippen molar-refractivity contribution >= 4 is 31.9 Å². The lowest BCUT2D eigenvalue weighted by Crippen LogP contribution is -2.43. The zero-order valence-electron chi connectivity index (χ0n) is 17.5. The molecule has 5 nitrogen and oxygen atoms in total. The van der Waals surface area contributed by atoms with E-state index in [1.54, 1.807) is 0 Å². The molecule has 7 heteroatoms. The summed E-state index contributed by atoms with van der Waals surface area (Å²) >= 11 is 3.38. The number of carbonyl (C=O) groups excluding carboxylic acids is 1. The molecule has 1 heterocycles. The van der Waals surface area contributed by atoms with Crippen molar-refractivity contribution in [2.45, 2.75) is 44.9 Å². The first-order valence-electron chi connectivity index (χ1n) is 10.4. The largest absolute Gasteiger partial charge is 0.349 e. The van der Waals surface area contributed by atoms with Crippen LogP contribution in [0.15, 0.2) is 53.0 Å². The van der Waals surface area contributed by atoms with E-state index in [4.69, 9.17) is 0 Å². The van der Waals surface area contributed by atoms with Gasteiger partial charge in [0, 0.05) is 23.5 Å². The van der Waals surface area contributed by atoms with Crippen LogP contribution in [0.3, 0.4) is 0 Å². The maximum absolute atomic E-state index is 12.8. The first kappa shape index (κ1) is 23.0. The van der Waals surface area contributed by atoms with Gasteiger partial charge in [-0.2, -0.15) is 0 Å². The molecule has 1 atom stereocenters. The number of rotatable bonds is 7. The van der Waals surface area contributed by atoms with E-state index in [9.17, 15) is 13.2 Å². The number of aryl methyl sites for hydroxylation is 1. The summed E-state index contributed by atoms with van der Waals surface area (Å²) in [5, 5.41) is 3.09. The van der Waals surface area contributed by atoms with Gasteiger partial charge in [-0.1, -0.05) is 59.3 Å². The van der Waals surface area contributed by atoms with Gasteiger partial charge in [0.1, 0.15) is 0 Å². The lowest BCUT2D eigenvalue weighted by Gasteiger charge is -2.31. The van der Waals surface area contributed by atoms with Crippen molar-refractivity contribution < 1.29 is 13.2 Å². The van der Waals surface area contributed by atoms with Crippen LogP contribution >= 0.6 is 15.9 Å². The Morgan fingerprint density at radius 3 is 2.40 bits per heavy atom. The van der Waals surface area contributed by atoms with Crippen LogP contribution in [0.5, 0.6) is 0 Å². The number of nitrogens with one attached hydrogen (secondary N) is 1. The lowest BCUT2D eigenvalue weighted by molar-refractivity contribution is -0.126. The highest BCUT2D eigenvalue weighted by atomic mass is 79.9. The van der Waals surface area contributed by atoms with Crippen LogP contribution in [0, 0.1) is 5.92 Å². The van der Waals surface area contributed by atoms with Gasteiger partial charge < -0.3 is 5.32 Å². The highest BCUT2D eigenvalue weighted by Crippen LogP contribution is 2.24. The van der Waals surface area contributed by atoms with Gasteiger partial charge in [-0.15, -0.1) is 0 Å². The molecule has 1 aliphatic heterocycles. The molecule has 1 saturated heterocycles. The number of piperidine rings is 1. The van der Waals surface area contributed by atoms with Gasteiger partial charge in [0.05, 0.1) is 11.8 Å². The minimum absolute atomic E-state index is 0.00565. The minimum Gasteiger partial charge on any atom is -0.349 e. The summed E-state index contributed by atoms with van der Waals surface area (Å²) in [5.74, 6) is -0.167. The molecular formula is C23H29BrN2O3S. The molecule has 0 aromatic heterocycles. The van der Waals surface area contributed by atoms with Gasteiger partial charge >= 0.3 is 0 Å². The van der Waals surface area contributed by atoms with Gasteiger partial charge in [-0.05, 0) is 55.0 Å². The minimum atomic E-state index is -3.39. The maximum atomic E-state index is 12.8. The Labute approximate surface area is 188 Å². The fourth-order valence-electron chi connectivity index (χ4n) is 3.78. The molecule has 0 radical (unpaired) electrons. The van der Waals surface area contributed by atoms with E-state index in [-0.39, 0.29) is 23.6 Å². The van der Waals surface area contributed by atoms with Crippen LogP contribution in [0.25, 0.3) is 0 Å². The standard InChI is InChI=1S/C23H29BrN2O3S/c1-3-18-7-9-20(10-8-18)17(2)25-23(27)21-11-13-26(14-12-21)30(28,29)16-19-5-4-6-22(24)15-19/h4-10,15,17,21H,3,11-14,16H2,1-2H3,(H,25,27). The third kappa shape index (κ3) is 5.93. The summed E-state index contributed by atoms with van der Waals surface area (Å²) < 4.78 is 27.9. The summed E-state index contributed by atoms with van der Waals surface area (Å²) in [6, 6.07) is 15.6. The highest BCUT2D eigenvalue weighted by molar-refractivity contribution is 9.10. The van der Waals surface area contributed by atoms with Crippen molar-refractivity contribution in [1.29, 1.82) is 0 Å². The Kier molecular flexibility index (Phi) is 7.71. The quantitative estimate of drug-likeness (QED) is 0.621. The molecule has 1 amide bonds. The monoisotopic (exact) mass is 492 g/mol. The van der Waals surface area contributed by atoms with E-state index in [0.29, 0.717) is 25.9 Å². The summed E-state index contributed by atoms with van der Waals surface area (Å²) in [7, 11) is -3.39. The number of sulfonamides is 1. The van der Waals surface area contributed by atoms with E-state index < -0.39 is 10.0 Å². The molecule has 1 fully saturated rings. The van der Waals surface area contributed by atoms with E-state index in [2.05, 4.69) is 52.4 Å². The Bertz CT molecular complexity index is 968. The second-order valence-electron chi connectivity index (χ2n) is 7.88. The van der Waals surface area contributed by atoms with Crippen molar-refractivity contribution in [2.24, 2.45) is 5.92 Å². The second-order valence-corrected chi connectivity index (χ2v) is 10.8. The normalized spacial score (nSPS) is 16.9. The molecule has 2 aromatic rings. The maximum Gasteiger partial charge on any atom is 0.223 e. The molecule has 162 valence electrons. The third-order valence-electron chi connectivity index (χ3n) is 5.70. The molecule has 1 aliphatic rings. The molecule has 0 aliphatic carbocycles. The number of hydrogen-bond donors (Lipinski definition) is 1. The smallest absolute Gasteiger partial charge is 0.223 e. The van der Waals surface area contributed by atoms with Crippen molar-refractivity contribution in [3.05, 3.63) is 69.7 Å². The predicted molar refractivity (Wildman–Crippen MR) is 123 cm³/mol. The van der Waals surface area contributed by atoms with E-state index in [0.717, 1.165) is 22.0 Å². The van der Waals surface area contributed by atoms with Crippen molar-refractivity contribution in [2.75, 3.05) is 13.1 Å². The Balaban J connectivity index is 1.53. The molecule has 3 rings (SSSR count). The molecule has 1 unspecified atom stereocenters. The zero-order chi connectivity index (χ0) is 21.7. The van der Waals surface area contributed by atoms with Gasteiger partial charge in [0.25, 0.3) is 0 Å². The Morgan fingerprint density at radius 2 is 1.80 bits per heavy atom. The zero-order valence-corrected chi connectivity index (χ0v) is 19.9. The molecule has 30 heavy (non-hydrogen) atoms. The number of carbonyl (C=O) groups is 1. The second kappa shape index (κ2) is 10.1. The molecule has 1 N–H and O–H groups in total. The summed E-state index contributed by atoms with van der Waals surface area (Å²) in [6.45, 7) is 4.87. The highest BCUT2D eigenvalue weighted by Gasteiger charge is 2.31. The van der Waals surface area contributed by atoms with Crippen molar-refractivity contribution in [3.8, 4) is 0 Å². The van der Waals surface area contributed by atoms with Gasteiger partial charge in [-0.25, -0.2) is 12.7 Å². The van der Waals surface area contributed by atoms with Crippen LogP contribution in [0.2, 0.25) is 0 Å². The molecule has 0 saturated carbocycles. The molecule has 0 spiro atoms. The number of amides is 1. The lowest BCUT2D eigenvalue weighted by atomic mass is 9.96. The summed E-state index contributed by atoms with van der Waals surface area (Å²) in [4.78, 5) is 12.7. The van der Waals surface area contributed by atoms with Gasteiger partial charge in [0.15, 0.2) is 0 Å². The Morgan fingerprint density at radius 1 is 1.13 bits per heavy atom. The topological polar surface area (TPSA) is 66.5 Å². The Hall–Kier alpha value is -1.70. The average molecular weight is 493 g/mol. The first-order chi connectivity index (χ1) is 14.3. The first-order valence-corrected chi connectivity index (χ1v) is 12.8. The predicted octanol–water partition coefficient (Wildman–Crippen LogP) is 4.43. The number of halogens is 1. The fourth-order valence-corrected chi connectivity index (χ4v) is 5.78. The summed E-state index contributed by atoms with van der Waals surface area (Å²) in [6.07, 6.45) is 2.08. The van der Waals surface area contributed by atoms with E-state index in [1.165, 1.54) is 9.87 Å². The number of benzene rings is 2.